The van der Waals surface area contributed by atoms with Gasteiger partial charge in [0.2, 0.25) is 0 Å². The van der Waals surface area contributed by atoms with E-state index in [0.717, 1.165) is 22.9 Å². The minimum Gasteiger partial charge on any atom is -0.439 e. The average Bonchev–Trinajstić information content (AvgIpc) is 2.34. The summed E-state index contributed by atoms with van der Waals surface area (Å²) in [7, 11) is 0. The molecule has 1 spiro atoms. The fourth-order valence-corrected chi connectivity index (χ4v) is 3.33. The molecule has 7 heteroatoms. The van der Waals surface area contributed by atoms with Crippen LogP contribution in [0, 0.1) is 5.41 Å². The maximum atomic E-state index is 12.2. The quantitative estimate of drug-likeness (QED) is 0.819. The molecule has 0 radical (unpaired) electrons. The van der Waals surface area contributed by atoms with Gasteiger partial charge in [0.15, 0.2) is 6.23 Å². The minimum absolute atomic E-state index is 0.312. The Morgan fingerprint density at radius 1 is 1.29 bits per heavy atom. The minimum atomic E-state index is -4.94. The van der Waals surface area contributed by atoms with Gasteiger partial charge in [-0.2, -0.15) is 13.2 Å². The predicted molar refractivity (Wildman–Crippen MR) is 72.5 cm³/mol. The van der Waals surface area contributed by atoms with Crippen molar-refractivity contribution in [2.75, 3.05) is 6.54 Å². The molecule has 1 heterocycles. The largest absolute Gasteiger partial charge is 0.490 e. The lowest BCUT2D eigenvalue weighted by molar-refractivity contribution is -0.230. The summed E-state index contributed by atoms with van der Waals surface area (Å²) < 4.78 is 42.2. The van der Waals surface area contributed by atoms with Gasteiger partial charge in [-0.15, -0.1) is 0 Å². The Morgan fingerprint density at radius 3 is 2.38 bits per heavy atom. The molecular formula is C14H13BrF3NO2. The molecule has 21 heavy (non-hydrogen) atoms. The van der Waals surface area contributed by atoms with Crippen molar-refractivity contribution in [1.82, 2.24) is 5.32 Å². The highest BCUT2D eigenvalue weighted by Gasteiger charge is 2.59. The van der Waals surface area contributed by atoms with E-state index in [-0.39, 0.29) is 5.41 Å². The molecule has 2 aliphatic rings. The second kappa shape index (κ2) is 4.98. The number of halogens is 4. The van der Waals surface area contributed by atoms with Crippen molar-refractivity contribution in [3.8, 4) is 0 Å². The van der Waals surface area contributed by atoms with Crippen LogP contribution in [-0.2, 0) is 9.53 Å². The number of benzene rings is 1. The Kier molecular flexibility index (Phi) is 3.52. The molecule has 1 aliphatic heterocycles. The fourth-order valence-electron chi connectivity index (χ4n) is 3.07. The molecule has 1 saturated heterocycles. The zero-order valence-electron chi connectivity index (χ0n) is 10.9. The first-order chi connectivity index (χ1) is 9.80. The Labute approximate surface area is 128 Å². The molecule has 1 unspecified atom stereocenters. The first-order valence-electron chi connectivity index (χ1n) is 6.57. The molecule has 1 N–H and O–H groups in total. The lowest BCUT2D eigenvalue weighted by atomic mass is 9.55. The van der Waals surface area contributed by atoms with E-state index in [1.54, 1.807) is 0 Å². The van der Waals surface area contributed by atoms with E-state index in [0.29, 0.717) is 12.5 Å². The van der Waals surface area contributed by atoms with E-state index in [2.05, 4.69) is 26.0 Å². The topological polar surface area (TPSA) is 38.3 Å². The van der Waals surface area contributed by atoms with Crippen LogP contribution in [0.4, 0.5) is 13.2 Å². The second-order valence-electron chi connectivity index (χ2n) is 5.68. The third-order valence-corrected chi connectivity index (χ3v) is 4.83. The molecule has 3 nitrogen and oxygen atoms in total. The van der Waals surface area contributed by atoms with Crippen molar-refractivity contribution in [1.29, 1.82) is 0 Å². The smallest absolute Gasteiger partial charge is 0.439 e. The summed E-state index contributed by atoms with van der Waals surface area (Å²) in [5.41, 5.74) is 0.829. The van der Waals surface area contributed by atoms with Crippen molar-refractivity contribution in [3.05, 3.63) is 34.3 Å². The van der Waals surface area contributed by atoms with Gasteiger partial charge in [-0.1, -0.05) is 28.1 Å². The number of rotatable bonds is 2. The number of hydrogen-bond acceptors (Lipinski definition) is 3. The van der Waals surface area contributed by atoms with E-state index >= 15 is 0 Å². The zero-order valence-corrected chi connectivity index (χ0v) is 12.5. The van der Waals surface area contributed by atoms with Crippen LogP contribution in [0.1, 0.15) is 24.3 Å². The number of carbonyl (C=O) groups is 1. The van der Waals surface area contributed by atoms with Crippen molar-refractivity contribution in [2.24, 2.45) is 5.41 Å². The molecule has 1 aliphatic carbocycles. The molecule has 1 aromatic carbocycles. The zero-order chi connectivity index (χ0) is 15.3. The van der Waals surface area contributed by atoms with E-state index in [1.165, 1.54) is 0 Å². The summed E-state index contributed by atoms with van der Waals surface area (Å²) in [4.78, 5) is 10.9. The van der Waals surface area contributed by atoms with E-state index in [1.807, 2.05) is 24.3 Å². The van der Waals surface area contributed by atoms with Gasteiger partial charge in [-0.05, 0) is 36.5 Å². The average molecular weight is 364 g/mol. The summed E-state index contributed by atoms with van der Waals surface area (Å²) in [5, 5.41) is 2.77. The highest BCUT2D eigenvalue weighted by Crippen LogP contribution is 2.56. The molecule has 0 aromatic heterocycles. The van der Waals surface area contributed by atoms with E-state index in [9.17, 15) is 18.0 Å². The lowest BCUT2D eigenvalue weighted by Crippen LogP contribution is -2.69. The summed E-state index contributed by atoms with van der Waals surface area (Å²) in [6, 6.07) is 7.90. The van der Waals surface area contributed by atoms with Gasteiger partial charge in [0.1, 0.15) is 0 Å². The van der Waals surface area contributed by atoms with Gasteiger partial charge in [-0.3, -0.25) is 5.32 Å². The number of alkyl halides is 3. The molecule has 114 valence electrons. The van der Waals surface area contributed by atoms with Crippen molar-refractivity contribution in [2.45, 2.75) is 31.2 Å². The number of carbonyl (C=O) groups excluding carboxylic acids is 1. The highest BCUT2D eigenvalue weighted by atomic mass is 79.9. The Morgan fingerprint density at radius 2 is 1.90 bits per heavy atom. The summed E-state index contributed by atoms with van der Waals surface area (Å²) >= 11 is 3.36. The van der Waals surface area contributed by atoms with Crippen LogP contribution in [0.3, 0.4) is 0 Å². The molecule has 0 amide bonds. The monoisotopic (exact) mass is 363 g/mol. The Hall–Kier alpha value is -1.08. The third kappa shape index (κ3) is 2.68. The normalized spacial score (nSPS) is 31.4. The van der Waals surface area contributed by atoms with Gasteiger partial charge < -0.3 is 4.74 Å². The van der Waals surface area contributed by atoms with E-state index in [4.69, 9.17) is 0 Å². The highest BCUT2D eigenvalue weighted by molar-refractivity contribution is 9.10. The van der Waals surface area contributed by atoms with Crippen molar-refractivity contribution >= 4 is 21.9 Å². The number of esters is 1. The van der Waals surface area contributed by atoms with Crippen LogP contribution in [0.15, 0.2) is 28.7 Å². The first-order valence-corrected chi connectivity index (χ1v) is 7.36. The predicted octanol–water partition coefficient (Wildman–Crippen LogP) is 3.35. The Balaban J connectivity index is 1.59. The van der Waals surface area contributed by atoms with Crippen LogP contribution >= 0.6 is 15.9 Å². The molecular weight excluding hydrogens is 351 g/mol. The summed E-state index contributed by atoms with van der Waals surface area (Å²) in [6.07, 6.45) is -4.29. The second-order valence-corrected chi connectivity index (χ2v) is 6.60. The van der Waals surface area contributed by atoms with Gasteiger partial charge in [0.25, 0.3) is 0 Å². The van der Waals surface area contributed by atoms with Crippen molar-refractivity contribution in [3.63, 3.8) is 0 Å². The van der Waals surface area contributed by atoms with Gasteiger partial charge in [-0.25, -0.2) is 4.79 Å². The molecule has 3 rings (SSSR count). The molecule has 2 fully saturated rings. The molecule has 1 saturated carbocycles. The van der Waals surface area contributed by atoms with Crippen LogP contribution in [0.25, 0.3) is 0 Å². The maximum absolute atomic E-state index is 12.2. The van der Waals surface area contributed by atoms with Crippen LogP contribution in [0.5, 0.6) is 0 Å². The van der Waals surface area contributed by atoms with Gasteiger partial charge in [0.05, 0.1) is 0 Å². The number of ether oxygens (including phenoxy) is 1. The number of hydrogen-bond donors (Lipinski definition) is 1. The maximum Gasteiger partial charge on any atom is 0.490 e. The van der Waals surface area contributed by atoms with Gasteiger partial charge in [0, 0.05) is 16.4 Å². The van der Waals surface area contributed by atoms with Crippen LogP contribution in [-0.4, -0.2) is 24.9 Å². The van der Waals surface area contributed by atoms with Crippen LogP contribution in [0.2, 0.25) is 0 Å². The third-order valence-electron chi connectivity index (χ3n) is 4.30. The number of nitrogens with one attached hydrogen (secondary N) is 1. The molecule has 0 bridgehead atoms. The standard InChI is InChI=1S/C14H13BrF3NO2/c15-10-3-1-8(2-4-10)9-5-13(6-9)7-19-11(13)21-12(20)14(16,17)18/h1-4,9,11,19H,5-7H2. The summed E-state index contributed by atoms with van der Waals surface area (Å²) in [5.74, 6) is -1.81. The first kappa shape index (κ1) is 14.8. The van der Waals surface area contributed by atoms with E-state index < -0.39 is 18.4 Å². The molecule has 1 atom stereocenters. The lowest BCUT2D eigenvalue weighted by Gasteiger charge is -2.58. The summed E-state index contributed by atoms with van der Waals surface area (Å²) in [6.45, 7) is 0.593. The SMILES string of the molecule is O=C(OC1NCC12CC(c1ccc(Br)cc1)C2)C(F)(F)F. The Bertz CT molecular complexity index is 552. The van der Waals surface area contributed by atoms with Crippen LogP contribution < -0.4 is 5.32 Å². The van der Waals surface area contributed by atoms with Crippen molar-refractivity contribution < 1.29 is 22.7 Å². The molecule has 1 aromatic rings. The van der Waals surface area contributed by atoms with Gasteiger partial charge >= 0.3 is 12.1 Å². The fraction of sp³-hybridized carbons (Fsp3) is 0.500.